The van der Waals surface area contributed by atoms with Gasteiger partial charge in [-0.05, 0) is 12.8 Å². The SMILES string of the molecule is O=C(OC1(C(F)(F)F)CCCOC1)OC1(C(F)(F)F)CCCOC1. The Labute approximate surface area is 133 Å². The Kier molecular flexibility index (Phi) is 5.24. The van der Waals surface area contributed by atoms with Crippen LogP contribution < -0.4 is 0 Å². The number of rotatable bonds is 2. The molecule has 0 aromatic heterocycles. The molecule has 2 saturated heterocycles. The van der Waals surface area contributed by atoms with E-state index in [1.54, 1.807) is 0 Å². The first-order valence-electron chi connectivity index (χ1n) is 7.22. The molecule has 0 spiro atoms. The largest absolute Gasteiger partial charge is 0.510 e. The minimum Gasteiger partial charge on any atom is -0.415 e. The smallest absolute Gasteiger partial charge is 0.415 e. The summed E-state index contributed by atoms with van der Waals surface area (Å²) in [6, 6.07) is 0. The third-order valence-electron chi connectivity index (χ3n) is 4.00. The van der Waals surface area contributed by atoms with E-state index in [9.17, 15) is 31.1 Å². The Bertz CT molecular complexity index is 409. The van der Waals surface area contributed by atoms with Gasteiger partial charge >= 0.3 is 18.5 Å². The summed E-state index contributed by atoms with van der Waals surface area (Å²) in [6.45, 7) is -1.89. The molecule has 0 aromatic rings. The zero-order valence-electron chi connectivity index (χ0n) is 12.5. The molecule has 0 amide bonds. The number of halogens is 6. The van der Waals surface area contributed by atoms with Crippen LogP contribution in [-0.2, 0) is 18.9 Å². The van der Waals surface area contributed by atoms with Crippen LogP contribution in [0, 0.1) is 0 Å². The summed E-state index contributed by atoms with van der Waals surface area (Å²) < 4.78 is 97.2. The van der Waals surface area contributed by atoms with Gasteiger partial charge in [-0.1, -0.05) is 0 Å². The first-order chi connectivity index (χ1) is 11.0. The number of hydrogen-bond acceptors (Lipinski definition) is 5. The number of carbonyl (C=O) groups excluding carboxylic acids is 1. The molecule has 0 N–H and O–H groups in total. The van der Waals surface area contributed by atoms with Crippen LogP contribution in [0.4, 0.5) is 31.1 Å². The van der Waals surface area contributed by atoms with Crippen molar-refractivity contribution < 1.29 is 50.1 Å². The van der Waals surface area contributed by atoms with Crippen molar-refractivity contribution in [1.29, 1.82) is 0 Å². The predicted molar refractivity (Wildman–Crippen MR) is 65.2 cm³/mol. The van der Waals surface area contributed by atoms with Gasteiger partial charge in [0.05, 0.1) is 13.2 Å². The molecule has 0 aliphatic carbocycles. The molecule has 2 atom stereocenters. The molecule has 0 bridgehead atoms. The maximum absolute atomic E-state index is 13.2. The molecule has 0 aromatic carbocycles. The van der Waals surface area contributed by atoms with E-state index in [1.165, 1.54) is 0 Å². The zero-order valence-corrected chi connectivity index (χ0v) is 12.5. The first kappa shape index (κ1) is 19.1. The fourth-order valence-corrected chi connectivity index (χ4v) is 2.60. The van der Waals surface area contributed by atoms with Crippen molar-refractivity contribution >= 4 is 6.16 Å². The molecule has 11 heteroatoms. The van der Waals surface area contributed by atoms with Crippen LogP contribution in [0.1, 0.15) is 25.7 Å². The van der Waals surface area contributed by atoms with Crippen LogP contribution in [-0.4, -0.2) is 56.1 Å². The van der Waals surface area contributed by atoms with Crippen LogP contribution in [0.15, 0.2) is 0 Å². The van der Waals surface area contributed by atoms with Crippen molar-refractivity contribution in [1.82, 2.24) is 0 Å². The fraction of sp³-hybridized carbons (Fsp3) is 0.923. The van der Waals surface area contributed by atoms with Gasteiger partial charge in [0.25, 0.3) is 0 Å². The molecule has 0 radical (unpaired) electrons. The monoisotopic (exact) mass is 366 g/mol. The molecular formula is C13H16F6O5. The summed E-state index contributed by atoms with van der Waals surface area (Å²) in [5, 5.41) is 0. The normalized spacial score (nSPS) is 32.2. The van der Waals surface area contributed by atoms with Gasteiger partial charge in [-0.3, -0.25) is 0 Å². The molecule has 24 heavy (non-hydrogen) atoms. The summed E-state index contributed by atoms with van der Waals surface area (Å²) in [6.07, 6.45) is -13.4. The minimum absolute atomic E-state index is 0.0383. The summed E-state index contributed by atoms with van der Waals surface area (Å²) >= 11 is 0. The van der Waals surface area contributed by atoms with Crippen LogP contribution >= 0.6 is 0 Å². The summed E-state index contributed by atoms with van der Waals surface area (Å²) in [5.74, 6) is 0. The van der Waals surface area contributed by atoms with Crippen molar-refractivity contribution in [2.45, 2.75) is 49.2 Å². The lowest BCUT2D eigenvalue weighted by molar-refractivity contribution is -0.314. The molecular weight excluding hydrogens is 350 g/mol. The second-order valence-electron chi connectivity index (χ2n) is 5.75. The lowest BCUT2D eigenvalue weighted by Crippen LogP contribution is -2.58. The molecule has 0 saturated carbocycles. The molecule has 2 fully saturated rings. The molecule has 2 unspecified atom stereocenters. The van der Waals surface area contributed by atoms with Gasteiger partial charge in [0, 0.05) is 26.1 Å². The topological polar surface area (TPSA) is 54.0 Å². The van der Waals surface area contributed by atoms with Crippen molar-refractivity contribution in [2.75, 3.05) is 26.4 Å². The van der Waals surface area contributed by atoms with Crippen molar-refractivity contribution in [3.8, 4) is 0 Å². The third-order valence-corrected chi connectivity index (χ3v) is 4.00. The maximum atomic E-state index is 13.2. The minimum atomic E-state index is -5.00. The Hall–Kier alpha value is -1.23. The Morgan fingerprint density at radius 1 is 0.792 bits per heavy atom. The molecule has 2 aliphatic rings. The van der Waals surface area contributed by atoms with E-state index >= 15 is 0 Å². The fourth-order valence-electron chi connectivity index (χ4n) is 2.60. The molecule has 2 aliphatic heterocycles. The van der Waals surface area contributed by atoms with Gasteiger partial charge in [0.15, 0.2) is 0 Å². The lowest BCUT2D eigenvalue weighted by atomic mass is 9.95. The summed E-state index contributed by atoms with van der Waals surface area (Å²) in [7, 11) is 0. The molecule has 2 rings (SSSR count). The second kappa shape index (κ2) is 6.58. The van der Waals surface area contributed by atoms with E-state index in [2.05, 4.69) is 9.47 Å². The van der Waals surface area contributed by atoms with E-state index in [4.69, 9.17) is 9.47 Å². The van der Waals surface area contributed by atoms with Crippen LogP contribution in [0.25, 0.3) is 0 Å². The van der Waals surface area contributed by atoms with E-state index in [0.29, 0.717) is 0 Å². The molecule has 140 valence electrons. The van der Waals surface area contributed by atoms with Crippen molar-refractivity contribution in [3.05, 3.63) is 0 Å². The van der Waals surface area contributed by atoms with E-state index in [1.807, 2.05) is 0 Å². The van der Waals surface area contributed by atoms with E-state index in [-0.39, 0.29) is 26.1 Å². The van der Waals surface area contributed by atoms with Gasteiger partial charge in [-0.25, -0.2) is 4.79 Å². The average Bonchev–Trinajstić information content (AvgIpc) is 2.46. The van der Waals surface area contributed by atoms with Gasteiger partial charge in [-0.2, -0.15) is 26.3 Å². The summed E-state index contributed by atoms with van der Waals surface area (Å²) in [4.78, 5) is 11.7. The standard InChI is InChI=1S/C13H16F6O5/c14-12(15,16)10(3-1-5-21-7-10)23-9(20)24-11(13(17,18)19)4-2-6-22-8-11/h1-8H2. The Morgan fingerprint density at radius 3 is 1.42 bits per heavy atom. The van der Waals surface area contributed by atoms with Gasteiger partial charge in [0.2, 0.25) is 11.2 Å². The van der Waals surface area contributed by atoms with Gasteiger partial charge < -0.3 is 18.9 Å². The number of alkyl halides is 6. The highest BCUT2D eigenvalue weighted by Crippen LogP contribution is 2.43. The van der Waals surface area contributed by atoms with E-state index < -0.39 is 55.8 Å². The average molecular weight is 366 g/mol. The van der Waals surface area contributed by atoms with Gasteiger partial charge in [-0.15, -0.1) is 0 Å². The zero-order chi connectivity index (χ0) is 18.1. The van der Waals surface area contributed by atoms with E-state index in [0.717, 1.165) is 0 Å². The highest BCUT2D eigenvalue weighted by atomic mass is 19.4. The first-order valence-corrected chi connectivity index (χ1v) is 7.22. The summed E-state index contributed by atoms with van der Waals surface area (Å²) in [5.41, 5.74) is -6.02. The highest BCUT2D eigenvalue weighted by Gasteiger charge is 2.63. The molecule has 2 heterocycles. The predicted octanol–water partition coefficient (Wildman–Crippen LogP) is 3.36. The van der Waals surface area contributed by atoms with Crippen molar-refractivity contribution in [2.24, 2.45) is 0 Å². The molecule has 5 nitrogen and oxygen atoms in total. The second-order valence-corrected chi connectivity index (χ2v) is 5.75. The Balaban J connectivity index is 2.15. The maximum Gasteiger partial charge on any atom is 0.510 e. The Morgan fingerprint density at radius 2 is 1.17 bits per heavy atom. The van der Waals surface area contributed by atoms with Crippen LogP contribution in [0.5, 0.6) is 0 Å². The van der Waals surface area contributed by atoms with Crippen LogP contribution in [0.2, 0.25) is 0 Å². The number of ether oxygens (including phenoxy) is 4. The number of carbonyl (C=O) groups is 1. The number of hydrogen-bond donors (Lipinski definition) is 0. The lowest BCUT2D eigenvalue weighted by Gasteiger charge is -2.40. The van der Waals surface area contributed by atoms with Gasteiger partial charge in [0.1, 0.15) is 0 Å². The third kappa shape index (κ3) is 3.71. The van der Waals surface area contributed by atoms with Crippen LogP contribution in [0.3, 0.4) is 0 Å². The highest BCUT2D eigenvalue weighted by molar-refractivity contribution is 5.61. The van der Waals surface area contributed by atoms with Crippen molar-refractivity contribution in [3.63, 3.8) is 0 Å². The quantitative estimate of drug-likeness (QED) is 0.554.